The van der Waals surface area contributed by atoms with Crippen LogP contribution >= 0.6 is 0 Å². The number of hydrogen-bond donors (Lipinski definition) is 0. The predicted molar refractivity (Wildman–Crippen MR) is 116 cm³/mol. The smallest absolute Gasteiger partial charge is 0.504 e. The molecule has 0 amide bonds. The van der Waals surface area contributed by atoms with Crippen LogP contribution in [0.4, 0.5) is 33.3 Å². The number of benzene rings is 2. The molecule has 2 aromatic heterocycles. The molecule has 0 spiro atoms. The molecule has 1 aliphatic rings. The molecule has 0 N–H and O–H groups in total. The zero-order valence-electron chi connectivity index (χ0n) is 18.1. The summed E-state index contributed by atoms with van der Waals surface area (Å²) in [7, 11) is 1.93. The fourth-order valence-corrected chi connectivity index (χ4v) is 3.30. The van der Waals surface area contributed by atoms with E-state index in [0.29, 0.717) is 17.8 Å². The standard InChI is InChI=1S/C15H12F2N2.C9H5F3N3.Ir/c1-18-10-19(15-5-3-2-4-14(15)18)9-11-6-7-12(16)8-13(11)17;10-9(11,12)8-14-5-7(15-8)6-3-1-2-4-13-6;/h2-5,7-8,10H,9H2,1H3;1-5H;/q-2;-1;+3. The molecule has 4 aromatic rings. The maximum absolute atomic E-state index is 13.7. The Hall–Kier alpha value is -3.30. The predicted octanol–water partition coefficient (Wildman–Crippen LogP) is 5.61. The monoisotopic (exact) mass is 663 g/mol. The number of rotatable bonds is 3. The number of fused-ring (bicyclic) bond motifs is 1. The Bertz CT molecular complexity index is 1260. The van der Waals surface area contributed by atoms with E-state index in [9.17, 15) is 22.0 Å². The largest absolute Gasteiger partial charge is 3.00 e. The summed E-state index contributed by atoms with van der Waals surface area (Å²) < 4.78 is 63.0. The SMILES string of the molecule is CN1[CH-]N(Cc2[c-]cc(F)cc2F)c2ccccc21.FC(F)(F)c1n[cH-]c(-c2ccccn2)n1.[Ir+3]. The summed E-state index contributed by atoms with van der Waals surface area (Å²) in [5.41, 5.74) is 2.92. The van der Waals surface area contributed by atoms with Gasteiger partial charge in [0.1, 0.15) is 5.82 Å². The molecule has 0 radical (unpaired) electrons. The summed E-state index contributed by atoms with van der Waals surface area (Å²) in [6.45, 7) is 2.22. The first-order valence-corrected chi connectivity index (χ1v) is 10.00. The van der Waals surface area contributed by atoms with Gasteiger partial charge >= 0.3 is 26.3 Å². The van der Waals surface area contributed by atoms with Gasteiger partial charge in [0.15, 0.2) is 0 Å². The van der Waals surface area contributed by atoms with E-state index in [2.05, 4.69) is 21.0 Å². The van der Waals surface area contributed by atoms with E-state index in [1.807, 2.05) is 47.8 Å². The minimum absolute atomic E-state index is 0. The Kier molecular flexibility index (Phi) is 8.24. The molecule has 0 saturated heterocycles. The van der Waals surface area contributed by atoms with Gasteiger partial charge in [0.25, 0.3) is 0 Å². The van der Waals surface area contributed by atoms with Crippen molar-refractivity contribution in [3.63, 3.8) is 0 Å². The van der Waals surface area contributed by atoms with E-state index < -0.39 is 23.6 Å². The molecule has 5 rings (SSSR count). The van der Waals surface area contributed by atoms with Gasteiger partial charge in [0.2, 0.25) is 0 Å². The molecule has 11 heteroatoms. The van der Waals surface area contributed by atoms with Crippen LogP contribution in [0.2, 0.25) is 0 Å². The van der Waals surface area contributed by atoms with Crippen molar-refractivity contribution in [2.75, 3.05) is 16.8 Å². The van der Waals surface area contributed by atoms with E-state index in [1.165, 1.54) is 6.20 Å². The molecule has 0 aliphatic carbocycles. The number of nitrogens with zero attached hydrogens (tertiary/aromatic N) is 5. The topological polar surface area (TPSA) is 45.2 Å². The Morgan fingerprint density at radius 3 is 2.37 bits per heavy atom. The summed E-state index contributed by atoms with van der Waals surface area (Å²) in [6.07, 6.45) is -1.96. The summed E-state index contributed by atoms with van der Waals surface area (Å²) in [4.78, 5) is 14.3. The molecule has 0 bridgehead atoms. The van der Waals surface area contributed by atoms with Gasteiger partial charge in [-0.2, -0.15) is 25.9 Å². The van der Waals surface area contributed by atoms with E-state index >= 15 is 0 Å². The molecule has 0 fully saturated rings. The van der Waals surface area contributed by atoms with Crippen molar-refractivity contribution in [2.45, 2.75) is 12.7 Å². The summed E-state index contributed by atoms with van der Waals surface area (Å²) >= 11 is 0. The normalized spacial score (nSPS) is 12.5. The van der Waals surface area contributed by atoms with Gasteiger partial charge in [0, 0.05) is 29.2 Å². The molecule has 1 aliphatic heterocycles. The van der Waals surface area contributed by atoms with E-state index in [0.717, 1.165) is 29.7 Å². The van der Waals surface area contributed by atoms with Crippen LogP contribution in [0.1, 0.15) is 11.4 Å². The Morgan fingerprint density at radius 2 is 1.74 bits per heavy atom. The maximum Gasteiger partial charge on any atom is 3.00 e. The van der Waals surface area contributed by atoms with Gasteiger partial charge in [-0.1, -0.05) is 30.5 Å². The second-order valence-corrected chi connectivity index (χ2v) is 7.28. The first kappa shape index (κ1) is 26.3. The van der Waals surface area contributed by atoms with Crippen molar-refractivity contribution < 1.29 is 42.1 Å². The minimum atomic E-state index is -4.51. The molecule has 3 heterocycles. The van der Waals surface area contributed by atoms with Crippen LogP contribution in [-0.2, 0) is 32.8 Å². The van der Waals surface area contributed by atoms with E-state index in [4.69, 9.17) is 0 Å². The van der Waals surface area contributed by atoms with Crippen molar-refractivity contribution >= 4 is 11.4 Å². The molecule has 0 unspecified atom stereocenters. The Balaban J connectivity index is 0.000000195. The fraction of sp³-hybridized carbons (Fsp3) is 0.125. The van der Waals surface area contributed by atoms with Crippen molar-refractivity contribution in [1.82, 2.24) is 15.0 Å². The fourth-order valence-electron chi connectivity index (χ4n) is 3.30. The summed E-state index contributed by atoms with van der Waals surface area (Å²) in [6, 6.07) is 17.5. The molecular weight excluding hydrogens is 646 g/mol. The van der Waals surface area contributed by atoms with Crippen LogP contribution in [0.3, 0.4) is 0 Å². The number of anilines is 2. The third-order valence-electron chi connectivity index (χ3n) is 4.87. The van der Waals surface area contributed by atoms with Gasteiger partial charge in [-0.15, -0.1) is 17.7 Å². The molecule has 0 atom stereocenters. The van der Waals surface area contributed by atoms with Crippen molar-refractivity contribution in [2.24, 2.45) is 0 Å². The van der Waals surface area contributed by atoms with Gasteiger partial charge < -0.3 is 24.8 Å². The molecule has 0 saturated carbocycles. The number of para-hydroxylation sites is 2. The third-order valence-corrected chi connectivity index (χ3v) is 4.87. The van der Waals surface area contributed by atoms with Crippen molar-refractivity contribution in [1.29, 1.82) is 0 Å². The maximum atomic E-state index is 13.7. The number of imidazole rings is 1. The summed E-state index contributed by atoms with van der Waals surface area (Å²) in [5.74, 6) is -2.31. The quantitative estimate of drug-likeness (QED) is 0.211. The van der Waals surface area contributed by atoms with Crippen LogP contribution in [0.5, 0.6) is 0 Å². The van der Waals surface area contributed by atoms with Gasteiger partial charge in [0.05, 0.1) is 0 Å². The first-order valence-electron chi connectivity index (χ1n) is 10.00. The number of halogens is 5. The zero-order chi connectivity index (χ0) is 24.3. The van der Waals surface area contributed by atoms with Crippen LogP contribution in [0.25, 0.3) is 11.4 Å². The second kappa shape index (κ2) is 11.0. The number of pyridine rings is 1. The van der Waals surface area contributed by atoms with Gasteiger partial charge in [-0.05, 0) is 43.2 Å². The van der Waals surface area contributed by atoms with Crippen LogP contribution in [0.15, 0.2) is 67.0 Å². The Morgan fingerprint density at radius 1 is 1.03 bits per heavy atom. The Labute approximate surface area is 212 Å². The average molecular weight is 663 g/mol. The molecular formula is C24H17F5IrN5. The average Bonchev–Trinajstić information content (AvgIpc) is 3.43. The number of hydrogen-bond acceptors (Lipinski definition) is 5. The third kappa shape index (κ3) is 6.23. The number of alkyl halides is 3. The van der Waals surface area contributed by atoms with E-state index in [1.54, 1.807) is 18.2 Å². The summed E-state index contributed by atoms with van der Waals surface area (Å²) in [5, 5.41) is 0. The van der Waals surface area contributed by atoms with Gasteiger partial charge in [-0.3, -0.25) is 8.78 Å². The first-order chi connectivity index (χ1) is 16.2. The van der Waals surface area contributed by atoms with Gasteiger partial charge in [-0.25, -0.2) is 0 Å². The molecule has 35 heavy (non-hydrogen) atoms. The zero-order valence-corrected chi connectivity index (χ0v) is 20.5. The van der Waals surface area contributed by atoms with Crippen molar-refractivity contribution in [3.8, 4) is 11.4 Å². The van der Waals surface area contributed by atoms with Crippen LogP contribution in [-0.4, -0.2) is 22.0 Å². The number of aromatic nitrogens is 3. The molecule has 5 nitrogen and oxygen atoms in total. The van der Waals surface area contributed by atoms with Crippen LogP contribution in [0, 0.1) is 24.4 Å². The van der Waals surface area contributed by atoms with Crippen LogP contribution < -0.4 is 9.80 Å². The van der Waals surface area contributed by atoms with Crippen molar-refractivity contribution in [3.05, 3.63) is 103 Å². The molecule has 2 aromatic carbocycles. The second-order valence-electron chi connectivity index (χ2n) is 7.28. The minimum Gasteiger partial charge on any atom is -0.504 e. The van der Waals surface area contributed by atoms with E-state index in [-0.39, 0.29) is 25.8 Å². The molecule has 182 valence electrons.